The zero-order chi connectivity index (χ0) is 13.1. The molecule has 0 aliphatic carbocycles. The van der Waals surface area contributed by atoms with Gasteiger partial charge in [-0.1, -0.05) is 29.3 Å². The van der Waals surface area contributed by atoms with Crippen molar-refractivity contribution >= 4 is 23.2 Å². The summed E-state index contributed by atoms with van der Waals surface area (Å²) in [6.07, 6.45) is 2.65. The van der Waals surface area contributed by atoms with Crippen LogP contribution in [-0.4, -0.2) is 10.1 Å². The summed E-state index contributed by atoms with van der Waals surface area (Å²) in [5.41, 5.74) is 1.33. The van der Waals surface area contributed by atoms with E-state index in [9.17, 15) is 9.50 Å². The van der Waals surface area contributed by atoms with Crippen LogP contribution in [0.1, 0.15) is 17.2 Å². The lowest BCUT2D eigenvalue weighted by molar-refractivity contribution is 0.178. The fourth-order valence-corrected chi connectivity index (χ4v) is 2.00. The molecular weight excluding hydrogens is 276 g/mol. The maximum absolute atomic E-state index is 13.0. The summed E-state index contributed by atoms with van der Waals surface area (Å²) < 4.78 is 13.0. The van der Waals surface area contributed by atoms with E-state index in [0.29, 0.717) is 17.0 Å². The highest BCUT2D eigenvalue weighted by molar-refractivity contribution is 6.31. The smallest absolute Gasteiger partial charge is 0.141 e. The van der Waals surface area contributed by atoms with E-state index in [4.69, 9.17) is 23.2 Å². The van der Waals surface area contributed by atoms with E-state index in [1.807, 2.05) is 0 Å². The average molecular weight is 286 g/mol. The highest BCUT2D eigenvalue weighted by Gasteiger charge is 2.12. The monoisotopic (exact) mass is 285 g/mol. The SMILES string of the molecule is OC(Cc1ccncc1Cl)c1ccc(F)c(Cl)c1. The van der Waals surface area contributed by atoms with Crippen molar-refractivity contribution in [2.45, 2.75) is 12.5 Å². The van der Waals surface area contributed by atoms with E-state index in [-0.39, 0.29) is 5.02 Å². The number of aliphatic hydroxyl groups excluding tert-OH is 1. The van der Waals surface area contributed by atoms with Crippen molar-refractivity contribution in [2.24, 2.45) is 0 Å². The predicted octanol–water partition coefficient (Wildman–Crippen LogP) is 3.80. The molecule has 1 N–H and O–H groups in total. The Balaban J connectivity index is 2.19. The van der Waals surface area contributed by atoms with E-state index in [2.05, 4.69) is 4.98 Å². The molecule has 0 spiro atoms. The molecule has 0 bridgehead atoms. The molecule has 5 heteroatoms. The van der Waals surface area contributed by atoms with Crippen LogP contribution in [0.25, 0.3) is 0 Å². The Morgan fingerprint density at radius 2 is 2.00 bits per heavy atom. The largest absolute Gasteiger partial charge is 0.388 e. The fraction of sp³-hybridized carbons (Fsp3) is 0.154. The number of benzene rings is 1. The van der Waals surface area contributed by atoms with Gasteiger partial charge in [-0.3, -0.25) is 4.98 Å². The van der Waals surface area contributed by atoms with Gasteiger partial charge in [-0.25, -0.2) is 4.39 Å². The molecule has 1 aromatic carbocycles. The molecule has 1 atom stereocenters. The van der Waals surface area contributed by atoms with Crippen LogP contribution in [0.15, 0.2) is 36.7 Å². The van der Waals surface area contributed by atoms with Crippen molar-refractivity contribution < 1.29 is 9.50 Å². The van der Waals surface area contributed by atoms with Crippen LogP contribution in [0.3, 0.4) is 0 Å². The van der Waals surface area contributed by atoms with Gasteiger partial charge in [-0.2, -0.15) is 0 Å². The Morgan fingerprint density at radius 3 is 2.67 bits per heavy atom. The van der Waals surface area contributed by atoms with Crippen LogP contribution in [-0.2, 0) is 6.42 Å². The van der Waals surface area contributed by atoms with Crippen LogP contribution in [0.4, 0.5) is 4.39 Å². The van der Waals surface area contributed by atoms with Crippen molar-refractivity contribution in [1.29, 1.82) is 0 Å². The molecule has 2 aromatic rings. The first-order chi connectivity index (χ1) is 8.58. The van der Waals surface area contributed by atoms with Crippen LogP contribution in [0.5, 0.6) is 0 Å². The normalized spacial score (nSPS) is 12.4. The first kappa shape index (κ1) is 13.3. The second kappa shape index (κ2) is 5.65. The Hall–Kier alpha value is -1.16. The van der Waals surface area contributed by atoms with E-state index in [1.165, 1.54) is 24.4 Å². The Kier molecular flexibility index (Phi) is 4.17. The van der Waals surface area contributed by atoms with Gasteiger partial charge in [0.2, 0.25) is 0 Å². The Labute approximate surface area is 114 Å². The predicted molar refractivity (Wildman–Crippen MR) is 69.3 cm³/mol. The van der Waals surface area contributed by atoms with Crippen LogP contribution in [0, 0.1) is 5.82 Å². The van der Waals surface area contributed by atoms with Gasteiger partial charge in [0.1, 0.15) is 5.82 Å². The first-order valence-electron chi connectivity index (χ1n) is 5.29. The van der Waals surface area contributed by atoms with Crippen molar-refractivity contribution in [2.75, 3.05) is 0 Å². The second-order valence-electron chi connectivity index (χ2n) is 3.86. The molecule has 2 rings (SSSR count). The fourth-order valence-electron chi connectivity index (χ4n) is 1.62. The van der Waals surface area contributed by atoms with Gasteiger partial charge >= 0.3 is 0 Å². The molecule has 0 aliphatic heterocycles. The Morgan fingerprint density at radius 1 is 1.22 bits per heavy atom. The third-order valence-corrected chi connectivity index (χ3v) is 3.23. The van der Waals surface area contributed by atoms with Gasteiger partial charge in [0.15, 0.2) is 0 Å². The minimum Gasteiger partial charge on any atom is -0.388 e. The average Bonchev–Trinajstić information content (AvgIpc) is 2.35. The van der Waals surface area contributed by atoms with E-state index in [0.717, 1.165) is 5.56 Å². The quantitative estimate of drug-likeness (QED) is 0.930. The van der Waals surface area contributed by atoms with Gasteiger partial charge in [0, 0.05) is 18.8 Å². The molecule has 2 nitrogen and oxygen atoms in total. The summed E-state index contributed by atoms with van der Waals surface area (Å²) in [5.74, 6) is -0.505. The van der Waals surface area contributed by atoms with Crippen molar-refractivity contribution in [3.8, 4) is 0 Å². The van der Waals surface area contributed by atoms with Crippen molar-refractivity contribution in [3.63, 3.8) is 0 Å². The third-order valence-electron chi connectivity index (χ3n) is 2.60. The van der Waals surface area contributed by atoms with Gasteiger partial charge in [-0.15, -0.1) is 0 Å². The van der Waals surface area contributed by atoms with Gasteiger partial charge in [0.25, 0.3) is 0 Å². The first-order valence-corrected chi connectivity index (χ1v) is 6.05. The molecule has 1 aromatic heterocycles. The molecule has 0 saturated heterocycles. The molecule has 0 fully saturated rings. The van der Waals surface area contributed by atoms with Crippen LogP contribution < -0.4 is 0 Å². The topological polar surface area (TPSA) is 33.1 Å². The Bertz CT molecular complexity index is 562. The van der Waals surface area contributed by atoms with Gasteiger partial charge in [-0.05, 0) is 29.3 Å². The zero-order valence-electron chi connectivity index (χ0n) is 9.28. The number of halogens is 3. The second-order valence-corrected chi connectivity index (χ2v) is 4.67. The highest BCUT2D eigenvalue weighted by atomic mass is 35.5. The lowest BCUT2D eigenvalue weighted by atomic mass is 10.0. The zero-order valence-corrected chi connectivity index (χ0v) is 10.8. The van der Waals surface area contributed by atoms with Gasteiger partial charge < -0.3 is 5.11 Å². The summed E-state index contributed by atoms with van der Waals surface area (Å²) in [6.45, 7) is 0. The number of nitrogens with zero attached hydrogens (tertiary/aromatic N) is 1. The van der Waals surface area contributed by atoms with E-state index < -0.39 is 11.9 Å². The number of aliphatic hydroxyl groups is 1. The maximum atomic E-state index is 13.0. The maximum Gasteiger partial charge on any atom is 0.141 e. The lowest BCUT2D eigenvalue weighted by Gasteiger charge is -2.12. The minimum atomic E-state index is -0.789. The van der Waals surface area contributed by atoms with E-state index in [1.54, 1.807) is 12.3 Å². The summed E-state index contributed by atoms with van der Waals surface area (Å²) >= 11 is 11.6. The van der Waals surface area contributed by atoms with Crippen molar-refractivity contribution in [3.05, 3.63) is 63.6 Å². The van der Waals surface area contributed by atoms with Crippen molar-refractivity contribution in [1.82, 2.24) is 4.98 Å². The standard InChI is InChI=1S/C13H10Cl2FNO/c14-10-5-9(1-2-12(10)16)13(18)6-8-3-4-17-7-11(8)15/h1-5,7,13,18H,6H2. The molecule has 0 radical (unpaired) electrons. The summed E-state index contributed by atoms with van der Waals surface area (Å²) in [5, 5.41) is 10.5. The molecule has 0 amide bonds. The molecule has 1 unspecified atom stereocenters. The highest BCUT2D eigenvalue weighted by Crippen LogP contribution is 2.25. The van der Waals surface area contributed by atoms with Gasteiger partial charge in [0.05, 0.1) is 16.1 Å². The number of hydrogen-bond donors (Lipinski definition) is 1. The molecular formula is C13H10Cl2FNO. The number of rotatable bonds is 3. The van der Waals surface area contributed by atoms with Crippen LogP contribution in [0.2, 0.25) is 10.0 Å². The molecule has 94 valence electrons. The third kappa shape index (κ3) is 2.99. The molecule has 0 aliphatic rings. The summed E-state index contributed by atoms with van der Waals surface area (Å²) in [6, 6.07) is 5.88. The summed E-state index contributed by atoms with van der Waals surface area (Å²) in [4.78, 5) is 3.87. The molecule has 18 heavy (non-hydrogen) atoms. The molecule has 0 saturated carbocycles. The lowest BCUT2D eigenvalue weighted by Crippen LogP contribution is -2.03. The molecule has 1 heterocycles. The number of pyridine rings is 1. The summed E-state index contributed by atoms with van der Waals surface area (Å²) in [7, 11) is 0. The minimum absolute atomic E-state index is 0.00706. The number of hydrogen-bond acceptors (Lipinski definition) is 2. The van der Waals surface area contributed by atoms with E-state index >= 15 is 0 Å². The van der Waals surface area contributed by atoms with Crippen LogP contribution >= 0.6 is 23.2 Å². The number of aromatic nitrogens is 1.